The SMILES string of the molecule is CN1NC1(C)C(F)(F)F. The number of nitrogens with zero attached hydrogens (tertiary/aromatic N) is 1. The number of hydrazine groups is 1. The van der Waals surface area contributed by atoms with Gasteiger partial charge in [-0.05, 0) is 6.92 Å². The summed E-state index contributed by atoms with van der Waals surface area (Å²) in [4.78, 5) is 0. The van der Waals surface area contributed by atoms with E-state index < -0.39 is 11.8 Å². The van der Waals surface area contributed by atoms with Crippen molar-refractivity contribution in [2.24, 2.45) is 0 Å². The van der Waals surface area contributed by atoms with Gasteiger partial charge in [-0.1, -0.05) is 0 Å². The molecule has 2 unspecified atom stereocenters. The monoisotopic (exact) mass is 140 g/mol. The fourth-order valence-corrected chi connectivity index (χ4v) is 0.555. The molecule has 1 saturated heterocycles. The molecule has 0 aromatic heterocycles. The molecule has 0 bridgehead atoms. The van der Waals surface area contributed by atoms with Gasteiger partial charge < -0.3 is 0 Å². The van der Waals surface area contributed by atoms with Crippen LogP contribution in [0.3, 0.4) is 0 Å². The second-order valence-corrected chi connectivity index (χ2v) is 2.24. The van der Waals surface area contributed by atoms with E-state index in [1.165, 1.54) is 7.05 Å². The fraction of sp³-hybridized carbons (Fsp3) is 1.00. The topological polar surface area (TPSA) is 25.0 Å². The van der Waals surface area contributed by atoms with E-state index in [9.17, 15) is 13.2 Å². The number of hydrogen-bond acceptors (Lipinski definition) is 2. The van der Waals surface area contributed by atoms with Gasteiger partial charge in [0.25, 0.3) is 0 Å². The molecule has 1 rings (SSSR count). The van der Waals surface area contributed by atoms with Crippen LogP contribution >= 0.6 is 0 Å². The highest BCUT2D eigenvalue weighted by Gasteiger charge is 2.64. The van der Waals surface area contributed by atoms with Gasteiger partial charge >= 0.3 is 6.18 Å². The maximum absolute atomic E-state index is 11.8. The van der Waals surface area contributed by atoms with Gasteiger partial charge in [-0.25, -0.2) is 10.4 Å². The van der Waals surface area contributed by atoms with Crippen molar-refractivity contribution >= 4 is 0 Å². The number of alkyl halides is 3. The van der Waals surface area contributed by atoms with Gasteiger partial charge in [0.15, 0.2) is 5.66 Å². The summed E-state index contributed by atoms with van der Waals surface area (Å²) < 4.78 is 35.3. The van der Waals surface area contributed by atoms with E-state index in [4.69, 9.17) is 0 Å². The smallest absolute Gasteiger partial charge is 0.224 e. The molecule has 0 aliphatic carbocycles. The Morgan fingerprint density at radius 1 is 1.44 bits per heavy atom. The number of halogens is 3. The Kier molecular flexibility index (Phi) is 1.07. The van der Waals surface area contributed by atoms with Crippen molar-refractivity contribution < 1.29 is 13.2 Å². The summed E-state index contributed by atoms with van der Waals surface area (Å²) in [7, 11) is 1.35. The van der Waals surface area contributed by atoms with Crippen molar-refractivity contribution in [3.05, 3.63) is 0 Å². The lowest BCUT2D eigenvalue weighted by Crippen LogP contribution is -2.34. The minimum atomic E-state index is -4.16. The lowest BCUT2D eigenvalue weighted by atomic mass is 10.3. The molecule has 0 saturated carbocycles. The van der Waals surface area contributed by atoms with E-state index in [2.05, 4.69) is 5.43 Å². The van der Waals surface area contributed by atoms with Gasteiger partial charge in [0.1, 0.15) is 0 Å². The summed E-state index contributed by atoms with van der Waals surface area (Å²) in [5, 5.41) is 1.02. The Bertz CT molecular complexity index is 132. The van der Waals surface area contributed by atoms with Crippen LogP contribution in [0, 0.1) is 0 Å². The van der Waals surface area contributed by atoms with Crippen molar-refractivity contribution in [3.63, 3.8) is 0 Å². The van der Waals surface area contributed by atoms with Crippen molar-refractivity contribution in [3.8, 4) is 0 Å². The van der Waals surface area contributed by atoms with Gasteiger partial charge in [-0.15, -0.1) is 0 Å². The molecule has 0 spiro atoms. The van der Waals surface area contributed by atoms with E-state index >= 15 is 0 Å². The zero-order chi connectivity index (χ0) is 7.28. The lowest BCUT2D eigenvalue weighted by Gasteiger charge is -2.10. The average molecular weight is 140 g/mol. The molecular weight excluding hydrogens is 133 g/mol. The molecule has 2 nitrogen and oxygen atoms in total. The molecule has 2 atom stereocenters. The van der Waals surface area contributed by atoms with E-state index in [0.29, 0.717) is 0 Å². The lowest BCUT2D eigenvalue weighted by molar-refractivity contribution is -0.166. The summed E-state index contributed by atoms with van der Waals surface area (Å²) in [6, 6.07) is 0. The predicted octanol–water partition coefficient (Wildman–Crippen LogP) is 0.715. The normalized spacial score (nSPS) is 43.0. The molecule has 5 heteroatoms. The Labute approximate surface area is 50.6 Å². The van der Waals surface area contributed by atoms with Gasteiger partial charge in [0.05, 0.1) is 0 Å². The van der Waals surface area contributed by atoms with Crippen LogP contribution in [-0.2, 0) is 0 Å². The van der Waals surface area contributed by atoms with Gasteiger partial charge in [0, 0.05) is 7.05 Å². The van der Waals surface area contributed by atoms with Crippen molar-refractivity contribution in [2.75, 3.05) is 7.05 Å². The molecular formula is C4H7F3N2. The van der Waals surface area contributed by atoms with Crippen LogP contribution in [0.4, 0.5) is 13.2 Å². The van der Waals surface area contributed by atoms with E-state index in [-0.39, 0.29) is 0 Å². The molecule has 0 radical (unpaired) electrons. The van der Waals surface area contributed by atoms with Gasteiger partial charge in [0.2, 0.25) is 0 Å². The van der Waals surface area contributed by atoms with Gasteiger partial charge in [-0.3, -0.25) is 0 Å². The Morgan fingerprint density at radius 2 is 1.78 bits per heavy atom. The van der Waals surface area contributed by atoms with Crippen LogP contribution in [0.1, 0.15) is 6.92 Å². The molecule has 1 N–H and O–H groups in total. The first-order valence-electron chi connectivity index (χ1n) is 2.46. The van der Waals surface area contributed by atoms with Crippen LogP contribution in [0.5, 0.6) is 0 Å². The number of nitrogens with one attached hydrogen (secondary N) is 1. The van der Waals surface area contributed by atoms with Crippen molar-refractivity contribution in [1.82, 2.24) is 10.4 Å². The summed E-state index contributed by atoms with van der Waals surface area (Å²) >= 11 is 0. The second kappa shape index (κ2) is 1.41. The Hall–Kier alpha value is -0.290. The average Bonchev–Trinajstić information content (AvgIpc) is 2.13. The minimum Gasteiger partial charge on any atom is -0.224 e. The third-order valence-corrected chi connectivity index (χ3v) is 1.56. The third kappa shape index (κ3) is 0.801. The molecule has 1 fully saturated rings. The molecule has 0 amide bonds. The first-order valence-corrected chi connectivity index (χ1v) is 2.46. The maximum atomic E-state index is 11.8. The van der Waals surface area contributed by atoms with Crippen LogP contribution in [0.2, 0.25) is 0 Å². The number of hydrogen-bond donors (Lipinski definition) is 1. The number of rotatable bonds is 0. The van der Waals surface area contributed by atoms with Gasteiger partial charge in [-0.2, -0.15) is 13.2 Å². The fourth-order valence-electron chi connectivity index (χ4n) is 0.555. The van der Waals surface area contributed by atoms with Crippen molar-refractivity contribution in [2.45, 2.75) is 18.8 Å². The van der Waals surface area contributed by atoms with Crippen molar-refractivity contribution in [1.29, 1.82) is 0 Å². The highest BCUT2D eigenvalue weighted by Crippen LogP contribution is 2.39. The summed E-state index contributed by atoms with van der Waals surface area (Å²) in [6.45, 7) is 1.09. The zero-order valence-corrected chi connectivity index (χ0v) is 5.08. The van der Waals surface area contributed by atoms with Crippen LogP contribution < -0.4 is 5.43 Å². The quantitative estimate of drug-likeness (QED) is 0.501. The van der Waals surface area contributed by atoms with Crippen LogP contribution in [-0.4, -0.2) is 23.9 Å². The summed E-state index contributed by atoms with van der Waals surface area (Å²) in [6.07, 6.45) is -4.16. The minimum absolute atomic E-state index is 1.02. The first-order chi connectivity index (χ1) is 3.88. The first kappa shape index (κ1) is 6.82. The summed E-state index contributed by atoms with van der Waals surface area (Å²) in [5.41, 5.74) is 0.385. The Balaban J connectivity index is 2.64. The Morgan fingerprint density at radius 3 is 1.78 bits per heavy atom. The van der Waals surface area contributed by atoms with E-state index in [1.54, 1.807) is 0 Å². The van der Waals surface area contributed by atoms with Crippen LogP contribution in [0.25, 0.3) is 0 Å². The molecule has 54 valence electrons. The highest BCUT2D eigenvalue weighted by molar-refractivity contribution is 4.97. The molecule has 1 aliphatic rings. The largest absolute Gasteiger partial charge is 0.422 e. The molecule has 0 aromatic carbocycles. The maximum Gasteiger partial charge on any atom is 0.422 e. The second-order valence-electron chi connectivity index (χ2n) is 2.24. The summed E-state index contributed by atoms with van der Waals surface area (Å²) in [5.74, 6) is 0. The van der Waals surface area contributed by atoms with E-state index in [1.807, 2.05) is 0 Å². The standard InChI is InChI=1S/C4H7F3N2/c1-3(4(5,6)7)8-9(3)2/h8H,1-2H3. The van der Waals surface area contributed by atoms with Crippen LogP contribution in [0.15, 0.2) is 0 Å². The third-order valence-electron chi connectivity index (χ3n) is 1.56. The molecule has 1 aliphatic heterocycles. The predicted molar refractivity (Wildman–Crippen MR) is 25.4 cm³/mol. The molecule has 1 heterocycles. The van der Waals surface area contributed by atoms with E-state index in [0.717, 1.165) is 11.9 Å². The zero-order valence-electron chi connectivity index (χ0n) is 5.08. The molecule has 9 heavy (non-hydrogen) atoms. The highest BCUT2D eigenvalue weighted by atomic mass is 19.4. The molecule has 0 aromatic rings.